The first-order valence-corrected chi connectivity index (χ1v) is 6.95. The van der Waals surface area contributed by atoms with Gasteiger partial charge in [0.1, 0.15) is 11.6 Å². The van der Waals surface area contributed by atoms with E-state index in [9.17, 15) is 0 Å². The molecule has 3 atom stereocenters. The van der Waals surface area contributed by atoms with Gasteiger partial charge in [-0.1, -0.05) is 18.5 Å². The quantitative estimate of drug-likeness (QED) is 0.841. The number of aromatic nitrogens is 2. The van der Waals surface area contributed by atoms with Crippen molar-refractivity contribution >= 4 is 0 Å². The van der Waals surface area contributed by atoms with Crippen molar-refractivity contribution in [3.05, 3.63) is 11.7 Å². The van der Waals surface area contributed by atoms with Gasteiger partial charge in [-0.05, 0) is 32.1 Å². The average Bonchev–Trinajstić information content (AvgIpc) is 2.88. The van der Waals surface area contributed by atoms with Crippen molar-refractivity contribution in [2.45, 2.75) is 51.2 Å². The van der Waals surface area contributed by atoms with E-state index in [1.165, 1.54) is 6.42 Å². The Morgan fingerprint density at radius 2 is 2.42 bits per heavy atom. The number of nitrogens with two attached hydrogens (primary N) is 1. The third kappa shape index (κ3) is 2.96. The summed E-state index contributed by atoms with van der Waals surface area (Å²) < 4.78 is 11.1. The first-order chi connectivity index (χ1) is 9.11. The molecule has 1 fully saturated rings. The Balaban J connectivity index is 2.25. The van der Waals surface area contributed by atoms with E-state index in [2.05, 4.69) is 17.1 Å². The lowest BCUT2D eigenvalue weighted by Crippen LogP contribution is -2.36. The van der Waals surface area contributed by atoms with E-state index >= 15 is 0 Å². The normalized spacial score (nSPS) is 29.4. The molecule has 1 aromatic rings. The van der Waals surface area contributed by atoms with Crippen LogP contribution in [0.15, 0.2) is 4.52 Å². The van der Waals surface area contributed by atoms with Crippen LogP contribution in [0, 0.1) is 5.92 Å². The summed E-state index contributed by atoms with van der Waals surface area (Å²) in [4.78, 5) is 4.34. The largest absolute Gasteiger partial charge is 0.394 e. The van der Waals surface area contributed by atoms with Gasteiger partial charge in [-0.25, -0.2) is 0 Å². The van der Waals surface area contributed by atoms with E-state index in [-0.39, 0.29) is 12.5 Å². The fourth-order valence-electron chi connectivity index (χ4n) is 2.83. The van der Waals surface area contributed by atoms with Crippen molar-refractivity contribution in [2.75, 3.05) is 13.2 Å². The standard InChI is InChI=1S/C13H23N3O3/c1-3-18-13(6-4-5-9(2)7-13)12-15-11(19-16-12)10(14)8-17/h9-10,17H,3-8,14H2,1-2H3/t9?,10-,13?/m0/s1. The van der Waals surface area contributed by atoms with Crippen molar-refractivity contribution < 1.29 is 14.4 Å². The zero-order valence-electron chi connectivity index (χ0n) is 11.6. The van der Waals surface area contributed by atoms with Gasteiger partial charge in [0.15, 0.2) is 0 Å². The second-order valence-electron chi connectivity index (χ2n) is 5.37. The summed E-state index contributed by atoms with van der Waals surface area (Å²) in [5, 5.41) is 13.1. The number of hydrogen-bond donors (Lipinski definition) is 2. The molecule has 0 aliphatic heterocycles. The molecule has 0 bridgehead atoms. The molecule has 2 unspecified atom stereocenters. The molecule has 1 aliphatic carbocycles. The van der Waals surface area contributed by atoms with Gasteiger partial charge in [-0.3, -0.25) is 0 Å². The molecule has 6 nitrogen and oxygen atoms in total. The average molecular weight is 269 g/mol. The molecule has 1 heterocycles. The Morgan fingerprint density at radius 3 is 3.05 bits per heavy atom. The molecule has 1 aromatic heterocycles. The van der Waals surface area contributed by atoms with Gasteiger partial charge < -0.3 is 20.1 Å². The van der Waals surface area contributed by atoms with Gasteiger partial charge >= 0.3 is 0 Å². The molecule has 2 rings (SSSR count). The Morgan fingerprint density at radius 1 is 1.63 bits per heavy atom. The summed E-state index contributed by atoms with van der Waals surface area (Å²) in [6.45, 7) is 4.59. The summed E-state index contributed by atoms with van der Waals surface area (Å²) in [5.74, 6) is 1.42. The Hall–Kier alpha value is -0.980. The second-order valence-corrected chi connectivity index (χ2v) is 5.37. The molecule has 0 spiro atoms. The van der Waals surface area contributed by atoms with Crippen molar-refractivity contribution in [2.24, 2.45) is 11.7 Å². The highest BCUT2D eigenvalue weighted by Crippen LogP contribution is 2.41. The maximum atomic E-state index is 9.03. The van der Waals surface area contributed by atoms with E-state index in [1.807, 2.05) is 6.92 Å². The lowest BCUT2D eigenvalue weighted by atomic mass is 9.78. The fraction of sp³-hybridized carbons (Fsp3) is 0.846. The predicted molar refractivity (Wildman–Crippen MR) is 69.2 cm³/mol. The summed E-state index contributed by atoms with van der Waals surface area (Å²) in [6.07, 6.45) is 4.10. The van der Waals surface area contributed by atoms with E-state index in [1.54, 1.807) is 0 Å². The van der Waals surface area contributed by atoms with Crippen LogP contribution in [0.1, 0.15) is 57.3 Å². The third-order valence-electron chi connectivity index (χ3n) is 3.74. The van der Waals surface area contributed by atoms with Crippen LogP contribution in [0.25, 0.3) is 0 Å². The highest BCUT2D eigenvalue weighted by atomic mass is 16.5. The van der Waals surface area contributed by atoms with E-state index in [4.69, 9.17) is 20.1 Å². The number of hydrogen-bond acceptors (Lipinski definition) is 6. The topological polar surface area (TPSA) is 94.4 Å². The van der Waals surface area contributed by atoms with Gasteiger partial charge in [0.05, 0.1) is 6.61 Å². The van der Waals surface area contributed by atoms with Crippen LogP contribution in [-0.4, -0.2) is 28.5 Å². The number of ether oxygens (including phenoxy) is 1. The predicted octanol–water partition coefficient (Wildman–Crippen LogP) is 1.50. The number of aliphatic hydroxyl groups excluding tert-OH is 1. The minimum absolute atomic E-state index is 0.209. The molecule has 19 heavy (non-hydrogen) atoms. The Labute approximate surface area is 113 Å². The van der Waals surface area contributed by atoms with Crippen LogP contribution < -0.4 is 5.73 Å². The zero-order valence-corrected chi connectivity index (χ0v) is 11.6. The van der Waals surface area contributed by atoms with Crippen LogP contribution in [-0.2, 0) is 10.3 Å². The van der Waals surface area contributed by atoms with Crippen LogP contribution in [0.2, 0.25) is 0 Å². The molecular weight excluding hydrogens is 246 g/mol. The lowest BCUT2D eigenvalue weighted by molar-refractivity contribution is -0.0891. The molecule has 0 saturated heterocycles. The number of rotatable bonds is 5. The van der Waals surface area contributed by atoms with Crippen molar-refractivity contribution in [1.82, 2.24) is 10.1 Å². The van der Waals surface area contributed by atoms with Gasteiger partial charge in [0.25, 0.3) is 0 Å². The molecule has 1 saturated carbocycles. The SMILES string of the molecule is CCOC1(c2noc([C@@H](N)CO)n2)CCCC(C)C1. The maximum Gasteiger partial charge on any atom is 0.246 e. The smallest absolute Gasteiger partial charge is 0.246 e. The lowest BCUT2D eigenvalue weighted by Gasteiger charge is -2.37. The summed E-state index contributed by atoms with van der Waals surface area (Å²) in [6, 6.07) is -0.624. The zero-order chi connectivity index (χ0) is 13.9. The molecule has 0 radical (unpaired) electrons. The summed E-state index contributed by atoms with van der Waals surface area (Å²) >= 11 is 0. The van der Waals surface area contributed by atoms with Crippen molar-refractivity contribution in [1.29, 1.82) is 0 Å². The molecule has 0 aromatic carbocycles. The van der Waals surface area contributed by atoms with Gasteiger partial charge in [0, 0.05) is 6.61 Å². The van der Waals surface area contributed by atoms with Crippen LogP contribution in [0.5, 0.6) is 0 Å². The monoisotopic (exact) mass is 269 g/mol. The first kappa shape index (κ1) is 14.4. The van der Waals surface area contributed by atoms with Crippen LogP contribution >= 0.6 is 0 Å². The maximum absolute atomic E-state index is 9.03. The van der Waals surface area contributed by atoms with E-state index in [0.29, 0.717) is 18.3 Å². The van der Waals surface area contributed by atoms with Crippen LogP contribution in [0.3, 0.4) is 0 Å². The molecule has 1 aliphatic rings. The minimum Gasteiger partial charge on any atom is -0.394 e. The second kappa shape index (κ2) is 5.98. The molecule has 3 N–H and O–H groups in total. The highest BCUT2D eigenvalue weighted by molar-refractivity contribution is 5.05. The van der Waals surface area contributed by atoms with Gasteiger partial charge in [-0.2, -0.15) is 4.98 Å². The van der Waals surface area contributed by atoms with Gasteiger partial charge in [0.2, 0.25) is 11.7 Å². The number of nitrogens with zero attached hydrogens (tertiary/aromatic N) is 2. The molecule has 0 amide bonds. The number of aliphatic hydroxyl groups is 1. The van der Waals surface area contributed by atoms with Gasteiger partial charge in [-0.15, -0.1) is 0 Å². The minimum atomic E-state index is -0.624. The molecule has 6 heteroatoms. The Kier molecular flexibility index (Phi) is 4.54. The summed E-state index contributed by atoms with van der Waals surface area (Å²) in [5.41, 5.74) is 5.24. The van der Waals surface area contributed by atoms with Crippen molar-refractivity contribution in [3.63, 3.8) is 0 Å². The van der Waals surface area contributed by atoms with Crippen LogP contribution in [0.4, 0.5) is 0 Å². The fourth-order valence-corrected chi connectivity index (χ4v) is 2.83. The van der Waals surface area contributed by atoms with Crippen molar-refractivity contribution in [3.8, 4) is 0 Å². The third-order valence-corrected chi connectivity index (χ3v) is 3.74. The van der Waals surface area contributed by atoms with E-state index < -0.39 is 11.6 Å². The first-order valence-electron chi connectivity index (χ1n) is 6.95. The molecule has 108 valence electrons. The molecular formula is C13H23N3O3. The summed E-state index contributed by atoms with van der Waals surface area (Å²) in [7, 11) is 0. The van der Waals surface area contributed by atoms with E-state index in [0.717, 1.165) is 19.3 Å². The highest BCUT2D eigenvalue weighted by Gasteiger charge is 2.41. The Bertz CT molecular complexity index is 406.